The fourth-order valence-electron chi connectivity index (χ4n) is 2.73. The van der Waals surface area contributed by atoms with Crippen LogP contribution in [0.1, 0.15) is 12.5 Å². The predicted octanol–water partition coefficient (Wildman–Crippen LogP) is 4.49. The summed E-state index contributed by atoms with van der Waals surface area (Å²) in [5.74, 6) is 0.163. The molecule has 0 bridgehead atoms. The van der Waals surface area contributed by atoms with Crippen LogP contribution in [0.4, 0.5) is 5.69 Å². The van der Waals surface area contributed by atoms with E-state index in [0.29, 0.717) is 23.6 Å². The molecule has 0 aliphatic heterocycles. The summed E-state index contributed by atoms with van der Waals surface area (Å²) >= 11 is 0. The van der Waals surface area contributed by atoms with E-state index >= 15 is 0 Å². The van der Waals surface area contributed by atoms with Crippen LogP contribution < -0.4 is 10.1 Å². The number of nitrogens with zero attached hydrogens (tertiary/aromatic N) is 1. The van der Waals surface area contributed by atoms with Crippen molar-refractivity contribution in [3.63, 3.8) is 0 Å². The number of amides is 1. The average molecular weight is 358 g/mol. The molecule has 0 saturated carbocycles. The molecule has 0 heterocycles. The predicted molar refractivity (Wildman–Crippen MR) is 105 cm³/mol. The van der Waals surface area contributed by atoms with Gasteiger partial charge in [0.25, 0.3) is 5.91 Å². The SMILES string of the molecule is CCOc1ccc(NC(=O)C(C#N)=Cc2c(O)ccc3ccccc23)cc1. The highest BCUT2D eigenvalue weighted by Gasteiger charge is 2.13. The number of carbonyl (C=O) groups excluding carboxylic acids is 1. The smallest absolute Gasteiger partial charge is 0.266 e. The van der Waals surface area contributed by atoms with Gasteiger partial charge in [-0.15, -0.1) is 0 Å². The summed E-state index contributed by atoms with van der Waals surface area (Å²) in [6.45, 7) is 2.45. The van der Waals surface area contributed by atoms with Gasteiger partial charge >= 0.3 is 0 Å². The first kappa shape index (κ1) is 18.0. The molecule has 3 aromatic carbocycles. The van der Waals surface area contributed by atoms with E-state index in [0.717, 1.165) is 10.8 Å². The third-order valence-corrected chi connectivity index (χ3v) is 4.02. The largest absolute Gasteiger partial charge is 0.507 e. The fourth-order valence-corrected chi connectivity index (χ4v) is 2.73. The highest BCUT2D eigenvalue weighted by Crippen LogP contribution is 2.29. The van der Waals surface area contributed by atoms with Crippen molar-refractivity contribution in [2.75, 3.05) is 11.9 Å². The lowest BCUT2D eigenvalue weighted by atomic mass is 10.0. The Morgan fingerprint density at radius 2 is 1.89 bits per heavy atom. The number of phenolic OH excluding ortho intramolecular Hbond substituents is 1. The van der Waals surface area contributed by atoms with Crippen LogP contribution in [0.5, 0.6) is 11.5 Å². The van der Waals surface area contributed by atoms with Gasteiger partial charge in [-0.1, -0.05) is 30.3 Å². The highest BCUT2D eigenvalue weighted by molar-refractivity contribution is 6.11. The van der Waals surface area contributed by atoms with Crippen LogP contribution >= 0.6 is 0 Å². The number of fused-ring (bicyclic) bond motifs is 1. The Balaban J connectivity index is 1.90. The van der Waals surface area contributed by atoms with Crippen molar-refractivity contribution < 1.29 is 14.6 Å². The maximum atomic E-state index is 12.5. The van der Waals surface area contributed by atoms with Crippen LogP contribution in [0.2, 0.25) is 0 Å². The first-order chi connectivity index (χ1) is 13.1. The van der Waals surface area contributed by atoms with Crippen LogP contribution in [0.3, 0.4) is 0 Å². The number of benzene rings is 3. The summed E-state index contributed by atoms with van der Waals surface area (Å²) in [4.78, 5) is 12.5. The van der Waals surface area contributed by atoms with Gasteiger partial charge in [-0.05, 0) is 54.1 Å². The Kier molecular flexibility index (Phi) is 5.38. The van der Waals surface area contributed by atoms with Crippen molar-refractivity contribution in [2.45, 2.75) is 6.92 Å². The first-order valence-corrected chi connectivity index (χ1v) is 8.49. The topological polar surface area (TPSA) is 82.3 Å². The number of nitriles is 1. The molecule has 0 unspecified atom stereocenters. The molecular formula is C22H18N2O3. The van der Waals surface area contributed by atoms with Crippen molar-refractivity contribution in [3.05, 3.63) is 71.8 Å². The van der Waals surface area contributed by atoms with E-state index in [1.54, 1.807) is 36.4 Å². The minimum Gasteiger partial charge on any atom is -0.507 e. The van der Waals surface area contributed by atoms with Gasteiger partial charge < -0.3 is 15.2 Å². The van der Waals surface area contributed by atoms with E-state index in [1.807, 2.05) is 37.3 Å². The zero-order valence-electron chi connectivity index (χ0n) is 14.8. The second-order valence-corrected chi connectivity index (χ2v) is 5.80. The number of nitrogens with one attached hydrogen (secondary N) is 1. The molecule has 0 aromatic heterocycles. The summed E-state index contributed by atoms with van der Waals surface area (Å²) in [7, 11) is 0. The molecule has 0 aliphatic carbocycles. The molecule has 5 heteroatoms. The molecule has 27 heavy (non-hydrogen) atoms. The van der Waals surface area contributed by atoms with E-state index in [4.69, 9.17) is 4.74 Å². The third kappa shape index (κ3) is 4.07. The Morgan fingerprint density at radius 1 is 1.15 bits per heavy atom. The van der Waals surface area contributed by atoms with Crippen molar-refractivity contribution in [1.82, 2.24) is 0 Å². The Labute approximate surface area is 157 Å². The molecular weight excluding hydrogens is 340 g/mol. The number of carbonyl (C=O) groups is 1. The van der Waals surface area contributed by atoms with E-state index < -0.39 is 5.91 Å². The van der Waals surface area contributed by atoms with Crippen molar-refractivity contribution >= 4 is 28.4 Å². The number of ether oxygens (including phenoxy) is 1. The maximum absolute atomic E-state index is 12.5. The Hall–Kier alpha value is -3.78. The van der Waals surface area contributed by atoms with Crippen molar-refractivity contribution in [1.29, 1.82) is 5.26 Å². The van der Waals surface area contributed by atoms with Crippen LogP contribution in [0.25, 0.3) is 16.8 Å². The van der Waals surface area contributed by atoms with Crippen LogP contribution in [-0.4, -0.2) is 17.6 Å². The second kappa shape index (κ2) is 8.07. The van der Waals surface area contributed by atoms with Gasteiger partial charge in [0.1, 0.15) is 23.1 Å². The summed E-state index contributed by atoms with van der Waals surface area (Å²) in [6, 6.07) is 19.6. The molecule has 3 rings (SSSR count). The quantitative estimate of drug-likeness (QED) is 0.520. The summed E-state index contributed by atoms with van der Waals surface area (Å²) in [6.07, 6.45) is 1.40. The molecule has 0 atom stereocenters. The number of hydrogen-bond acceptors (Lipinski definition) is 4. The molecule has 0 aliphatic rings. The summed E-state index contributed by atoms with van der Waals surface area (Å²) in [5, 5.41) is 24.0. The van der Waals surface area contributed by atoms with E-state index in [1.165, 1.54) is 6.08 Å². The molecule has 2 N–H and O–H groups in total. The van der Waals surface area contributed by atoms with Gasteiger partial charge in [-0.25, -0.2) is 0 Å². The van der Waals surface area contributed by atoms with Crippen LogP contribution in [0, 0.1) is 11.3 Å². The number of hydrogen-bond donors (Lipinski definition) is 2. The summed E-state index contributed by atoms with van der Waals surface area (Å²) in [5.41, 5.74) is 0.883. The minimum atomic E-state index is -0.547. The second-order valence-electron chi connectivity index (χ2n) is 5.80. The van der Waals surface area contributed by atoms with Gasteiger partial charge in [-0.3, -0.25) is 4.79 Å². The van der Waals surface area contributed by atoms with E-state index in [2.05, 4.69) is 5.32 Å². The molecule has 3 aromatic rings. The normalized spacial score (nSPS) is 11.0. The number of rotatable bonds is 5. The lowest BCUT2D eigenvalue weighted by Crippen LogP contribution is -2.13. The maximum Gasteiger partial charge on any atom is 0.266 e. The molecule has 1 amide bonds. The zero-order valence-corrected chi connectivity index (χ0v) is 14.8. The van der Waals surface area contributed by atoms with E-state index in [-0.39, 0.29) is 11.3 Å². The molecule has 0 saturated heterocycles. The Morgan fingerprint density at radius 3 is 2.59 bits per heavy atom. The lowest BCUT2D eigenvalue weighted by molar-refractivity contribution is -0.112. The number of phenols is 1. The summed E-state index contributed by atoms with van der Waals surface area (Å²) < 4.78 is 5.36. The lowest BCUT2D eigenvalue weighted by Gasteiger charge is -2.08. The van der Waals surface area contributed by atoms with E-state index in [9.17, 15) is 15.2 Å². The van der Waals surface area contributed by atoms with Crippen LogP contribution in [-0.2, 0) is 4.79 Å². The third-order valence-electron chi connectivity index (χ3n) is 4.02. The standard InChI is InChI=1S/C22H18N2O3/c1-2-27-18-10-8-17(9-11-18)24-22(26)16(14-23)13-20-19-6-4-3-5-15(19)7-12-21(20)25/h3-13,25H,2H2,1H3,(H,24,26). The van der Waals surface area contributed by atoms with Crippen molar-refractivity contribution in [3.8, 4) is 17.6 Å². The molecule has 134 valence electrons. The molecule has 0 spiro atoms. The van der Waals surface area contributed by atoms with Gasteiger partial charge in [0.2, 0.25) is 0 Å². The number of aromatic hydroxyl groups is 1. The Bertz CT molecular complexity index is 1050. The van der Waals surface area contributed by atoms with Crippen molar-refractivity contribution in [2.24, 2.45) is 0 Å². The molecule has 0 fully saturated rings. The zero-order chi connectivity index (χ0) is 19.2. The number of anilines is 1. The minimum absolute atomic E-state index is 0.00955. The van der Waals surface area contributed by atoms with Gasteiger partial charge in [0.15, 0.2) is 0 Å². The fraction of sp³-hybridized carbons (Fsp3) is 0.0909. The molecule has 5 nitrogen and oxygen atoms in total. The van der Waals surface area contributed by atoms with Gasteiger partial charge in [-0.2, -0.15) is 5.26 Å². The highest BCUT2D eigenvalue weighted by atomic mass is 16.5. The monoisotopic (exact) mass is 358 g/mol. The average Bonchev–Trinajstić information content (AvgIpc) is 2.69. The van der Waals surface area contributed by atoms with Gasteiger partial charge in [0, 0.05) is 11.3 Å². The van der Waals surface area contributed by atoms with Crippen LogP contribution in [0.15, 0.2) is 66.2 Å². The first-order valence-electron chi connectivity index (χ1n) is 8.49. The van der Waals surface area contributed by atoms with Gasteiger partial charge in [0.05, 0.1) is 6.61 Å². The molecule has 0 radical (unpaired) electrons.